The molecule has 0 saturated carbocycles. The molecule has 0 aliphatic rings. The third-order valence-corrected chi connectivity index (χ3v) is 13.5. The summed E-state index contributed by atoms with van der Waals surface area (Å²) in [5.41, 5.74) is 13.0. The molecule has 0 bridgehead atoms. The van der Waals surface area contributed by atoms with Crippen LogP contribution in [0.5, 0.6) is 0 Å². The summed E-state index contributed by atoms with van der Waals surface area (Å²) in [4.78, 5) is 10.6. The van der Waals surface area contributed by atoms with Crippen molar-refractivity contribution < 1.29 is 0 Å². The molecule has 4 aromatic heterocycles. The lowest BCUT2D eigenvalue weighted by Gasteiger charge is -2.17. The van der Waals surface area contributed by atoms with Gasteiger partial charge in [0.15, 0.2) is 5.82 Å². The van der Waals surface area contributed by atoms with Crippen LogP contribution in [0.25, 0.3) is 120 Å². The lowest BCUT2D eigenvalue weighted by molar-refractivity contribution is 1.15. The van der Waals surface area contributed by atoms with Crippen molar-refractivity contribution in [1.82, 2.24) is 19.1 Å². The second-order valence-electron chi connectivity index (χ2n) is 15.7. The Kier molecular flexibility index (Phi) is 7.44. The van der Waals surface area contributed by atoms with Gasteiger partial charge >= 0.3 is 0 Å². The van der Waals surface area contributed by atoms with E-state index in [1.807, 2.05) is 17.4 Å². The van der Waals surface area contributed by atoms with Gasteiger partial charge in [0.05, 0.1) is 33.3 Å². The van der Waals surface area contributed by atoms with Crippen molar-refractivity contribution in [1.29, 1.82) is 0 Å². The summed E-state index contributed by atoms with van der Waals surface area (Å²) >= 11 is 1.90. The number of fused-ring (bicyclic) bond motifs is 13. The minimum absolute atomic E-state index is 0.698. The summed E-state index contributed by atoms with van der Waals surface area (Å²) in [6.45, 7) is 0. The monoisotopic (exact) mass is 794 g/mol. The molecule has 0 amide bonds. The summed E-state index contributed by atoms with van der Waals surface area (Å²) in [6, 6.07) is 74.0. The van der Waals surface area contributed by atoms with Crippen LogP contribution in [0, 0.1) is 0 Å². The third-order valence-electron chi connectivity index (χ3n) is 12.3. The van der Waals surface area contributed by atoms with E-state index in [0.717, 1.165) is 55.7 Å². The van der Waals surface area contributed by atoms with Gasteiger partial charge in [-0.1, -0.05) is 152 Å². The molecule has 284 valence electrons. The largest absolute Gasteiger partial charge is 0.307 e. The van der Waals surface area contributed by atoms with Crippen LogP contribution in [0.2, 0.25) is 0 Å². The highest BCUT2D eigenvalue weighted by atomic mass is 32.1. The minimum Gasteiger partial charge on any atom is -0.307 e. The Bertz CT molecular complexity index is 3860. The quantitative estimate of drug-likeness (QED) is 0.174. The first-order chi connectivity index (χ1) is 30.3. The molecule has 13 rings (SSSR count). The van der Waals surface area contributed by atoms with Gasteiger partial charge in [0, 0.05) is 69.6 Å². The van der Waals surface area contributed by atoms with Crippen molar-refractivity contribution in [3.05, 3.63) is 206 Å². The number of rotatable bonds is 5. The number of hydrogen-bond donors (Lipinski definition) is 0. The van der Waals surface area contributed by atoms with Gasteiger partial charge in [-0.25, -0.2) is 9.97 Å². The van der Waals surface area contributed by atoms with E-state index in [9.17, 15) is 0 Å². The Morgan fingerprint density at radius 2 is 0.934 bits per heavy atom. The normalized spacial score (nSPS) is 11.9. The van der Waals surface area contributed by atoms with Gasteiger partial charge in [0.2, 0.25) is 0 Å². The summed E-state index contributed by atoms with van der Waals surface area (Å²) in [5.74, 6) is 0.698. The Balaban J connectivity index is 1.19. The van der Waals surface area contributed by atoms with Crippen molar-refractivity contribution in [3.63, 3.8) is 0 Å². The minimum atomic E-state index is 0.698. The SMILES string of the molecule is c1ccc(-c2cc(-n3c4ccccc4c4c5sc6ccccc6c5c5c6ccccc6n(-c6ccccc6)c5c43)ccc2-c2nc(-c3ccccc3)c3ccccc3n2)cc1. The molecular weight excluding hydrogens is 761 g/mol. The summed E-state index contributed by atoms with van der Waals surface area (Å²) < 4.78 is 7.62. The van der Waals surface area contributed by atoms with E-state index in [1.165, 1.54) is 58.3 Å². The maximum atomic E-state index is 5.37. The molecular formula is C56H34N4S. The zero-order chi connectivity index (χ0) is 40.0. The highest BCUT2D eigenvalue weighted by molar-refractivity contribution is 7.27. The molecule has 0 aliphatic carbocycles. The van der Waals surface area contributed by atoms with E-state index in [2.05, 4.69) is 209 Å². The molecule has 4 nitrogen and oxygen atoms in total. The highest BCUT2D eigenvalue weighted by Gasteiger charge is 2.27. The lowest BCUT2D eigenvalue weighted by atomic mass is 9.97. The zero-order valence-electron chi connectivity index (χ0n) is 32.8. The average Bonchev–Trinajstić information content (AvgIpc) is 4.00. The van der Waals surface area contributed by atoms with E-state index in [0.29, 0.717) is 5.82 Å². The van der Waals surface area contributed by atoms with Crippen LogP contribution in [-0.2, 0) is 0 Å². The first-order valence-electron chi connectivity index (χ1n) is 20.7. The maximum Gasteiger partial charge on any atom is 0.161 e. The van der Waals surface area contributed by atoms with Crippen molar-refractivity contribution >= 4 is 86.0 Å². The highest BCUT2D eigenvalue weighted by Crippen LogP contribution is 2.51. The van der Waals surface area contributed by atoms with E-state index in [1.54, 1.807) is 0 Å². The molecule has 0 saturated heterocycles. The third kappa shape index (κ3) is 5.05. The maximum absolute atomic E-state index is 5.37. The number of para-hydroxylation sites is 4. The number of aromatic nitrogens is 4. The standard InChI is InChI=1S/C56H34N4S/c1-4-18-35(19-5-1)44-34-38(32-33-39(44)56-57-45-28-14-10-24-40(45)52(58-56)36-20-6-2-7-21-36)60-47-30-16-12-26-42(47)51-54(60)53-49(50-43-27-13-17-31-48(43)61-55(50)51)41-25-11-15-29-46(41)59(53)37-22-8-3-9-23-37/h1-34H. The van der Waals surface area contributed by atoms with Crippen LogP contribution in [0.4, 0.5) is 0 Å². The molecule has 0 spiro atoms. The van der Waals surface area contributed by atoms with Gasteiger partial charge in [0.1, 0.15) is 0 Å². The molecule has 0 unspecified atom stereocenters. The van der Waals surface area contributed by atoms with Crippen molar-refractivity contribution in [2.75, 3.05) is 0 Å². The molecule has 0 aliphatic heterocycles. The Labute approximate surface area is 354 Å². The van der Waals surface area contributed by atoms with E-state index in [4.69, 9.17) is 9.97 Å². The van der Waals surface area contributed by atoms with Crippen molar-refractivity contribution in [3.8, 4) is 45.1 Å². The summed E-state index contributed by atoms with van der Waals surface area (Å²) in [7, 11) is 0. The molecule has 13 aromatic rings. The summed E-state index contributed by atoms with van der Waals surface area (Å²) in [6.07, 6.45) is 0. The second-order valence-corrected chi connectivity index (χ2v) is 16.7. The van der Waals surface area contributed by atoms with Gasteiger partial charge in [-0.2, -0.15) is 0 Å². The average molecular weight is 795 g/mol. The molecule has 0 fully saturated rings. The zero-order valence-corrected chi connectivity index (χ0v) is 33.6. The van der Waals surface area contributed by atoms with Crippen LogP contribution < -0.4 is 0 Å². The van der Waals surface area contributed by atoms with Gasteiger partial charge < -0.3 is 9.13 Å². The van der Waals surface area contributed by atoms with Crippen LogP contribution in [-0.4, -0.2) is 19.1 Å². The fourth-order valence-corrected chi connectivity index (χ4v) is 11.0. The smallest absolute Gasteiger partial charge is 0.161 e. The first kappa shape index (κ1) is 34.0. The second kappa shape index (κ2) is 13.3. The molecule has 61 heavy (non-hydrogen) atoms. The van der Waals surface area contributed by atoms with Gasteiger partial charge in [-0.3, -0.25) is 0 Å². The number of benzene rings is 9. The van der Waals surface area contributed by atoms with Crippen LogP contribution in [0.1, 0.15) is 0 Å². The van der Waals surface area contributed by atoms with E-state index < -0.39 is 0 Å². The first-order valence-corrected chi connectivity index (χ1v) is 21.5. The lowest BCUT2D eigenvalue weighted by Crippen LogP contribution is -2.01. The predicted octanol–water partition coefficient (Wildman–Crippen LogP) is 15.2. The molecule has 0 atom stereocenters. The fourth-order valence-electron chi connectivity index (χ4n) is 9.73. The predicted molar refractivity (Wildman–Crippen MR) is 257 cm³/mol. The number of nitrogens with zero attached hydrogens (tertiary/aromatic N) is 4. The molecule has 9 aromatic carbocycles. The van der Waals surface area contributed by atoms with Crippen molar-refractivity contribution in [2.24, 2.45) is 0 Å². The summed E-state index contributed by atoms with van der Waals surface area (Å²) in [5, 5.41) is 8.68. The van der Waals surface area contributed by atoms with E-state index >= 15 is 0 Å². The van der Waals surface area contributed by atoms with Gasteiger partial charge in [-0.15, -0.1) is 11.3 Å². The molecule has 0 N–H and O–H groups in total. The molecule has 5 heteroatoms. The van der Waals surface area contributed by atoms with Gasteiger partial charge in [0.25, 0.3) is 0 Å². The Morgan fingerprint density at radius 1 is 0.377 bits per heavy atom. The van der Waals surface area contributed by atoms with Crippen LogP contribution in [0.3, 0.4) is 0 Å². The van der Waals surface area contributed by atoms with Crippen molar-refractivity contribution in [2.45, 2.75) is 0 Å². The number of hydrogen-bond acceptors (Lipinski definition) is 3. The topological polar surface area (TPSA) is 35.6 Å². The Hall–Kier alpha value is -7.86. The number of thiophene rings is 1. The van der Waals surface area contributed by atoms with Gasteiger partial charge in [-0.05, 0) is 65.7 Å². The molecule has 4 heterocycles. The fraction of sp³-hybridized carbons (Fsp3) is 0. The van der Waals surface area contributed by atoms with Crippen LogP contribution >= 0.6 is 11.3 Å². The van der Waals surface area contributed by atoms with E-state index in [-0.39, 0.29) is 0 Å². The Morgan fingerprint density at radius 3 is 1.67 bits per heavy atom. The molecule has 0 radical (unpaired) electrons. The van der Waals surface area contributed by atoms with Crippen LogP contribution in [0.15, 0.2) is 206 Å².